The van der Waals surface area contributed by atoms with Crippen LogP contribution in [0.4, 0.5) is 0 Å². The van der Waals surface area contributed by atoms with Crippen LogP contribution in [0.25, 0.3) is 5.52 Å². The molecule has 2 heteroatoms. The van der Waals surface area contributed by atoms with Crippen molar-refractivity contribution in [2.45, 2.75) is 0 Å². The molecule has 0 atom stereocenters. The van der Waals surface area contributed by atoms with Gasteiger partial charge in [0.25, 0.3) is 0 Å². The molecule has 2 aromatic rings. The summed E-state index contributed by atoms with van der Waals surface area (Å²) in [4.78, 5) is 3.94. The van der Waals surface area contributed by atoms with Crippen LogP contribution in [0, 0.1) is 6.07 Å². The highest BCUT2D eigenvalue weighted by Gasteiger charge is 1.85. The average Bonchev–Trinajstić information content (AvgIpc) is 2.33. The molecular formula is C7H5N2. The van der Waals surface area contributed by atoms with Crippen LogP contribution in [-0.2, 0) is 0 Å². The number of aromatic nitrogens is 2. The Labute approximate surface area is 52.8 Å². The highest BCUT2D eigenvalue weighted by atomic mass is 15.0. The summed E-state index contributed by atoms with van der Waals surface area (Å²) in [6, 6.07) is 6.78. The van der Waals surface area contributed by atoms with Gasteiger partial charge in [0.15, 0.2) is 0 Å². The van der Waals surface area contributed by atoms with Crippen LogP contribution in [-0.4, -0.2) is 9.38 Å². The maximum absolute atomic E-state index is 3.94. The van der Waals surface area contributed by atoms with Gasteiger partial charge >= 0.3 is 0 Å². The van der Waals surface area contributed by atoms with Gasteiger partial charge in [0, 0.05) is 6.20 Å². The molecule has 0 saturated carbocycles. The zero-order valence-corrected chi connectivity index (χ0v) is 4.78. The number of rotatable bonds is 0. The molecule has 0 amide bonds. The van der Waals surface area contributed by atoms with Crippen molar-refractivity contribution in [1.82, 2.24) is 9.38 Å². The maximum Gasteiger partial charge on any atom is 0.0992 e. The lowest BCUT2D eigenvalue weighted by atomic mass is 10.4. The van der Waals surface area contributed by atoms with E-state index < -0.39 is 0 Å². The second-order valence-electron chi connectivity index (χ2n) is 1.85. The minimum Gasteiger partial charge on any atom is -0.306 e. The van der Waals surface area contributed by atoms with E-state index in [9.17, 15) is 0 Å². The molecule has 2 heterocycles. The Hall–Kier alpha value is -1.31. The van der Waals surface area contributed by atoms with Gasteiger partial charge in [-0.2, -0.15) is 0 Å². The molecule has 0 aliphatic carbocycles. The first-order valence-corrected chi connectivity index (χ1v) is 2.74. The largest absolute Gasteiger partial charge is 0.306 e. The van der Waals surface area contributed by atoms with Crippen LogP contribution in [0.5, 0.6) is 0 Å². The summed E-state index contributed by atoms with van der Waals surface area (Å²) in [6.07, 6.45) is 5.42. The Morgan fingerprint density at radius 1 is 1.56 bits per heavy atom. The van der Waals surface area contributed by atoms with E-state index in [1.165, 1.54) is 0 Å². The number of hydrogen-bond donors (Lipinski definition) is 0. The molecule has 0 spiro atoms. The van der Waals surface area contributed by atoms with E-state index in [1.807, 2.05) is 28.9 Å². The van der Waals surface area contributed by atoms with Gasteiger partial charge in [-0.1, -0.05) is 6.07 Å². The quantitative estimate of drug-likeness (QED) is 0.505. The molecule has 0 aromatic carbocycles. The lowest BCUT2D eigenvalue weighted by molar-refractivity contribution is 1.15. The fourth-order valence-corrected chi connectivity index (χ4v) is 0.809. The molecule has 2 rings (SSSR count). The van der Waals surface area contributed by atoms with Crippen LogP contribution < -0.4 is 0 Å². The zero-order valence-electron chi connectivity index (χ0n) is 4.78. The van der Waals surface area contributed by atoms with Crippen molar-refractivity contribution in [3.8, 4) is 0 Å². The first kappa shape index (κ1) is 4.56. The fraction of sp³-hybridized carbons (Fsp3) is 0. The molecule has 0 saturated heterocycles. The van der Waals surface area contributed by atoms with E-state index in [-0.39, 0.29) is 0 Å². The maximum atomic E-state index is 3.94. The van der Waals surface area contributed by atoms with Gasteiger partial charge in [-0.3, -0.25) is 0 Å². The normalized spacial score (nSPS) is 10.2. The number of fused-ring (bicyclic) bond motifs is 1. The molecule has 9 heavy (non-hydrogen) atoms. The molecule has 0 aliphatic rings. The Morgan fingerprint density at radius 3 is 3.44 bits per heavy atom. The third kappa shape index (κ3) is 0.598. The van der Waals surface area contributed by atoms with Crippen LogP contribution in [0.1, 0.15) is 0 Å². The standard InChI is InChI=1S/C7H5N2/c1-2-4-9-6-8-5-7(9)3-1/h1,3-6H. The minimum atomic E-state index is 1.11. The summed E-state index contributed by atoms with van der Waals surface area (Å²) < 4.78 is 1.92. The lowest BCUT2D eigenvalue weighted by Gasteiger charge is -1.86. The second-order valence-corrected chi connectivity index (χ2v) is 1.85. The van der Waals surface area contributed by atoms with Crippen LogP contribution in [0.3, 0.4) is 0 Å². The van der Waals surface area contributed by atoms with Crippen molar-refractivity contribution >= 4 is 5.52 Å². The summed E-state index contributed by atoms with van der Waals surface area (Å²) in [5.41, 5.74) is 1.11. The van der Waals surface area contributed by atoms with Gasteiger partial charge < -0.3 is 4.40 Å². The molecule has 0 aliphatic heterocycles. The Bertz CT molecular complexity index is 281. The first-order valence-electron chi connectivity index (χ1n) is 2.74. The fourth-order valence-electron chi connectivity index (χ4n) is 0.809. The van der Waals surface area contributed by atoms with Crippen LogP contribution in [0.2, 0.25) is 0 Å². The third-order valence-electron chi connectivity index (χ3n) is 1.26. The van der Waals surface area contributed by atoms with E-state index in [2.05, 4.69) is 11.1 Å². The number of hydrogen-bond acceptors (Lipinski definition) is 1. The average molecular weight is 117 g/mol. The summed E-state index contributed by atoms with van der Waals surface area (Å²) in [7, 11) is 0. The minimum absolute atomic E-state index is 1.11. The molecule has 2 nitrogen and oxygen atoms in total. The van der Waals surface area contributed by atoms with Gasteiger partial charge in [0.05, 0.1) is 18.0 Å². The van der Waals surface area contributed by atoms with Crippen molar-refractivity contribution in [3.05, 3.63) is 36.9 Å². The van der Waals surface area contributed by atoms with Crippen molar-refractivity contribution in [2.24, 2.45) is 0 Å². The molecule has 2 aromatic heterocycles. The summed E-state index contributed by atoms with van der Waals surface area (Å²) in [5, 5.41) is 0. The van der Waals surface area contributed by atoms with E-state index in [0.717, 1.165) is 5.52 Å². The molecule has 0 fully saturated rings. The highest BCUT2D eigenvalue weighted by molar-refractivity contribution is 5.43. The Kier molecular flexibility index (Phi) is 0.803. The number of pyridine rings is 1. The number of imidazole rings is 1. The topological polar surface area (TPSA) is 17.3 Å². The van der Waals surface area contributed by atoms with E-state index in [4.69, 9.17) is 0 Å². The molecule has 43 valence electrons. The molecule has 1 radical (unpaired) electrons. The lowest BCUT2D eigenvalue weighted by Crippen LogP contribution is -1.76. The van der Waals surface area contributed by atoms with Crippen LogP contribution >= 0.6 is 0 Å². The van der Waals surface area contributed by atoms with Crippen LogP contribution in [0.15, 0.2) is 30.9 Å². The predicted octanol–water partition coefficient (Wildman–Crippen LogP) is 1.13. The summed E-state index contributed by atoms with van der Waals surface area (Å²) in [6.45, 7) is 0. The number of nitrogens with zero attached hydrogens (tertiary/aromatic N) is 2. The molecule has 0 unspecified atom stereocenters. The van der Waals surface area contributed by atoms with E-state index >= 15 is 0 Å². The summed E-state index contributed by atoms with van der Waals surface area (Å²) >= 11 is 0. The van der Waals surface area contributed by atoms with E-state index in [0.29, 0.717) is 0 Å². The van der Waals surface area contributed by atoms with Gasteiger partial charge in [-0.25, -0.2) is 4.98 Å². The predicted molar refractivity (Wildman–Crippen MR) is 34.0 cm³/mol. The van der Waals surface area contributed by atoms with Gasteiger partial charge in [-0.05, 0) is 12.1 Å². The van der Waals surface area contributed by atoms with Crippen molar-refractivity contribution < 1.29 is 0 Å². The highest BCUT2D eigenvalue weighted by Crippen LogP contribution is 1.97. The van der Waals surface area contributed by atoms with Gasteiger partial charge in [-0.15, -0.1) is 0 Å². The molecule has 0 N–H and O–H groups in total. The smallest absolute Gasteiger partial charge is 0.0992 e. The Balaban J connectivity index is 2.95. The summed E-state index contributed by atoms with van der Waals surface area (Å²) in [5.74, 6) is 0. The molecule has 0 bridgehead atoms. The zero-order chi connectivity index (χ0) is 6.10. The second kappa shape index (κ2) is 1.58. The Morgan fingerprint density at radius 2 is 2.56 bits per heavy atom. The van der Waals surface area contributed by atoms with Crippen molar-refractivity contribution in [3.63, 3.8) is 0 Å². The monoisotopic (exact) mass is 117 g/mol. The van der Waals surface area contributed by atoms with Gasteiger partial charge in [0.2, 0.25) is 0 Å². The van der Waals surface area contributed by atoms with Crippen molar-refractivity contribution in [2.75, 3.05) is 0 Å². The van der Waals surface area contributed by atoms with Crippen molar-refractivity contribution in [1.29, 1.82) is 0 Å². The molecular weight excluding hydrogens is 112 g/mol. The van der Waals surface area contributed by atoms with E-state index in [1.54, 1.807) is 6.33 Å². The first-order chi connectivity index (χ1) is 4.47. The third-order valence-corrected chi connectivity index (χ3v) is 1.26. The SMILES string of the molecule is [c]1ccc2cncn2c1. The van der Waals surface area contributed by atoms with Gasteiger partial charge in [0.1, 0.15) is 0 Å².